The normalized spacial score (nSPS) is 16.4. The maximum atomic E-state index is 6.32. The van der Waals surface area contributed by atoms with Gasteiger partial charge in [-0.25, -0.2) is 0 Å². The highest BCUT2D eigenvalue weighted by Gasteiger charge is 2.26. The van der Waals surface area contributed by atoms with Crippen LogP contribution in [0.1, 0.15) is 11.0 Å². The van der Waals surface area contributed by atoms with E-state index in [-0.39, 0.29) is 5.44 Å². The molecule has 0 aliphatic carbocycles. The Morgan fingerprint density at radius 1 is 0.696 bits per heavy atom. The quantitative estimate of drug-likeness (QED) is 0.415. The molecular formula is C21H14OS. The van der Waals surface area contributed by atoms with Crippen molar-refractivity contribution in [2.45, 2.75) is 10.3 Å². The smallest absolute Gasteiger partial charge is 0.174 e. The van der Waals surface area contributed by atoms with Crippen molar-refractivity contribution in [2.24, 2.45) is 0 Å². The van der Waals surface area contributed by atoms with E-state index in [2.05, 4.69) is 78.9 Å². The number of thioether (sulfide) groups is 1. The summed E-state index contributed by atoms with van der Waals surface area (Å²) >= 11 is 1.79. The first-order chi connectivity index (χ1) is 11.4. The van der Waals surface area contributed by atoms with E-state index in [1.54, 1.807) is 11.8 Å². The second kappa shape index (κ2) is 5.04. The molecule has 1 aliphatic heterocycles. The molecule has 23 heavy (non-hydrogen) atoms. The van der Waals surface area contributed by atoms with Gasteiger partial charge in [0.05, 0.1) is 4.90 Å². The zero-order valence-electron chi connectivity index (χ0n) is 12.4. The van der Waals surface area contributed by atoms with E-state index in [0.717, 1.165) is 5.75 Å². The number of fused-ring (bicyclic) bond motifs is 4. The lowest BCUT2D eigenvalue weighted by atomic mass is 10.1. The Hall–Kier alpha value is -2.45. The minimum absolute atomic E-state index is 0.0282. The van der Waals surface area contributed by atoms with Crippen molar-refractivity contribution < 1.29 is 4.74 Å². The maximum Gasteiger partial charge on any atom is 0.174 e. The molecule has 1 atom stereocenters. The molecule has 0 aromatic heterocycles. The van der Waals surface area contributed by atoms with E-state index in [1.807, 2.05) is 0 Å². The molecule has 110 valence electrons. The van der Waals surface area contributed by atoms with Crippen LogP contribution in [-0.4, -0.2) is 0 Å². The Kier molecular flexibility index (Phi) is 2.85. The number of hydrogen-bond donors (Lipinski definition) is 0. The van der Waals surface area contributed by atoms with Gasteiger partial charge in [-0.2, -0.15) is 0 Å². The third-order valence-corrected chi connectivity index (χ3v) is 5.51. The fraction of sp³-hybridized carbons (Fsp3) is 0.0476. The van der Waals surface area contributed by atoms with Gasteiger partial charge in [0, 0.05) is 10.9 Å². The second-order valence-electron chi connectivity index (χ2n) is 5.79. The molecule has 0 bridgehead atoms. The molecule has 0 spiro atoms. The fourth-order valence-electron chi connectivity index (χ4n) is 3.17. The van der Waals surface area contributed by atoms with Gasteiger partial charge in [0.2, 0.25) is 0 Å². The summed E-state index contributed by atoms with van der Waals surface area (Å²) in [4.78, 5) is 1.22. The number of hydrogen-bond acceptors (Lipinski definition) is 2. The number of ether oxygens (including phenoxy) is 1. The summed E-state index contributed by atoms with van der Waals surface area (Å²) in [5.41, 5.74) is 1.24. The van der Waals surface area contributed by atoms with Crippen molar-refractivity contribution in [3.05, 3.63) is 84.4 Å². The number of rotatable bonds is 1. The van der Waals surface area contributed by atoms with Crippen LogP contribution >= 0.6 is 11.8 Å². The Balaban J connectivity index is 1.58. The van der Waals surface area contributed by atoms with Crippen LogP contribution in [-0.2, 0) is 0 Å². The third kappa shape index (κ3) is 2.10. The first-order valence-corrected chi connectivity index (χ1v) is 8.60. The SMILES string of the molecule is c1ccc2cc(C3Oc4c(ccc5ccccc45)S3)ccc2c1. The van der Waals surface area contributed by atoms with Gasteiger partial charge in [0.1, 0.15) is 5.75 Å². The van der Waals surface area contributed by atoms with Gasteiger partial charge in [-0.05, 0) is 28.3 Å². The van der Waals surface area contributed by atoms with Crippen molar-refractivity contribution in [3.63, 3.8) is 0 Å². The average Bonchev–Trinajstić information content (AvgIpc) is 3.06. The fourth-order valence-corrected chi connectivity index (χ4v) is 4.24. The molecular weight excluding hydrogens is 300 g/mol. The molecule has 0 saturated carbocycles. The van der Waals surface area contributed by atoms with E-state index in [4.69, 9.17) is 4.74 Å². The van der Waals surface area contributed by atoms with Crippen LogP contribution in [0.25, 0.3) is 21.5 Å². The highest BCUT2D eigenvalue weighted by molar-refractivity contribution is 7.99. The van der Waals surface area contributed by atoms with E-state index < -0.39 is 0 Å². The van der Waals surface area contributed by atoms with Crippen LogP contribution < -0.4 is 4.74 Å². The van der Waals surface area contributed by atoms with Crippen molar-refractivity contribution in [1.29, 1.82) is 0 Å². The average molecular weight is 314 g/mol. The zero-order chi connectivity index (χ0) is 15.2. The summed E-state index contributed by atoms with van der Waals surface area (Å²) in [6.45, 7) is 0. The third-order valence-electron chi connectivity index (χ3n) is 4.35. The Morgan fingerprint density at radius 3 is 2.35 bits per heavy atom. The van der Waals surface area contributed by atoms with Gasteiger partial charge in [-0.3, -0.25) is 0 Å². The minimum Gasteiger partial charge on any atom is -0.473 e. The summed E-state index contributed by atoms with van der Waals surface area (Å²) in [5, 5.41) is 4.95. The zero-order valence-corrected chi connectivity index (χ0v) is 13.2. The van der Waals surface area contributed by atoms with Crippen LogP contribution in [0.4, 0.5) is 0 Å². The van der Waals surface area contributed by atoms with Gasteiger partial charge in [0.15, 0.2) is 5.44 Å². The lowest BCUT2D eigenvalue weighted by Crippen LogP contribution is -1.97. The lowest BCUT2D eigenvalue weighted by Gasteiger charge is -2.11. The monoisotopic (exact) mass is 314 g/mol. The predicted octanol–water partition coefficient (Wildman–Crippen LogP) is 6.18. The molecule has 1 aliphatic rings. The van der Waals surface area contributed by atoms with E-state index in [0.29, 0.717) is 0 Å². The summed E-state index contributed by atoms with van der Waals surface area (Å²) < 4.78 is 6.32. The van der Waals surface area contributed by atoms with Gasteiger partial charge >= 0.3 is 0 Å². The molecule has 4 aromatic carbocycles. The summed E-state index contributed by atoms with van der Waals surface area (Å²) in [6, 6.07) is 27.8. The van der Waals surface area contributed by atoms with Crippen LogP contribution in [0.5, 0.6) is 5.75 Å². The molecule has 5 rings (SSSR count). The summed E-state index contributed by atoms with van der Waals surface area (Å²) in [7, 11) is 0. The molecule has 0 radical (unpaired) electrons. The van der Waals surface area contributed by atoms with E-state index in [1.165, 1.54) is 32.0 Å². The van der Waals surface area contributed by atoms with Crippen molar-refractivity contribution in [2.75, 3.05) is 0 Å². The molecule has 1 unspecified atom stereocenters. The highest BCUT2D eigenvalue weighted by Crippen LogP contribution is 2.51. The van der Waals surface area contributed by atoms with Crippen LogP contribution in [0.15, 0.2) is 83.8 Å². The molecule has 0 saturated heterocycles. The Morgan fingerprint density at radius 2 is 1.43 bits per heavy atom. The van der Waals surface area contributed by atoms with E-state index >= 15 is 0 Å². The molecule has 0 fully saturated rings. The first kappa shape index (κ1) is 13.0. The second-order valence-corrected chi connectivity index (χ2v) is 6.89. The van der Waals surface area contributed by atoms with Gasteiger partial charge in [0.25, 0.3) is 0 Å². The van der Waals surface area contributed by atoms with E-state index in [9.17, 15) is 0 Å². The number of benzene rings is 4. The molecule has 0 amide bonds. The minimum atomic E-state index is 0.0282. The van der Waals surface area contributed by atoms with Gasteiger partial charge in [-0.15, -0.1) is 0 Å². The Labute approximate surface area is 138 Å². The largest absolute Gasteiger partial charge is 0.473 e. The van der Waals surface area contributed by atoms with Crippen molar-refractivity contribution in [3.8, 4) is 5.75 Å². The lowest BCUT2D eigenvalue weighted by molar-refractivity contribution is 0.306. The summed E-state index contributed by atoms with van der Waals surface area (Å²) in [6.07, 6.45) is 0. The van der Waals surface area contributed by atoms with Crippen molar-refractivity contribution >= 4 is 33.3 Å². The van der Waals surface area contributed by atoms with Crippen LogP contribution in [0.2, 0.25) is 0 Å². The maximum absolute atomic E-state index is 6.32. The summed E-state index contributed by atoms with van der Waals surface area (Å²) in [5.74, 6) is 1.02. The van der Waals surface area contributed by atoms with Crippen LogP contribution in [0.3, 0.4) is 0 Å². The highest BCUT2D eigenvalue weighted by atomic mass is 32.2. The predicted molar refractivity (Wildman–Crippen MR) is 97.1 cm³/mol. The molecule has 4 aromatic rings. The molecule has 1 heterocycles. The molecule has 2 heteroatoms. The first-order valence-electron chi connectivity index (χ1n) is 7.72. The van der Waals surface area contributed by atoms with Crippen LogP contribution in [0, 0.1) is 0 Å². The standard InChI is InChI=1S/C21H14OS/c1-2-7-16-13-17(10-9-14(16)5-1)21-22-20-18-8-4-3-6-15(18)11-12-19(20)23-21/h1-13,21H. The van der Waals surface area contributed by atoms with Gasteiger partial charge < -0.3 is 4.74 Å². The Bertz CT molecular complexity index is 1040. The topological polar surface area (TPSA) is 9.23 Å². The van der Waals surface area contributed by atoms with Gasteiger partial charge in [-0.1, -0.05) is 78.5 Å². The molecule has 0 N–H and O–H groups in total. The van der Waals surface area contributed by atoms with Crippen molar-refractivity contribution in [1.82, 2.24) is 0 Å². The molecule has 1 nitrogen and oxygen atoms in total.